The molecule has 1 unspecified atom stereocenters. The molecular formula is C24H30N4O4. The molecule has 3 N–H and O–H groups in total. The molecule has 2 heterocycles. The van der Waals surface area contributed by atoms with Gasteiger partial charge in [-0.15, -0.1) is 0 Å². The first kappa shape index (κ1) is 22.2. The lowest BCUT2D eigenvalue weighted by Gasteiger charge is -2.36. The number of ether oxygens (including phenoxy) is 1. The SMILES string of the molecule is CNc1cc(C(=O)NCC(O)CN2CCc3ccccc3C2)cnc1OC1(C=O)CCC1. The number of carbonyl (C=O) groups excluding carboxylic acids is 2. The van der Waals surface area contributed by atoms with Gasteiger partial charge < -0.3 is 20.5 Å². The van der Waals surface area contributed by atoms with Crippen molar-refractivity contribution in [1.82, 2.24) is 15.2 Å². The summed E-state index contributed by atoms with van der Waals surface area (Å²) >= 11 is 0. The third kappa shape index (κ3) is 4.92. The van der Waals surface area contributed by atoms with Gasteiger partial charge in [-0.05, 0) is 42.9 Å². The van der Waals surface area contributed by atoms with E-state index in [2.05, 4.69) is 38.7 Å². The Morgan fingerprint density at radius 2 is 2.12 bits per heavy atom. The molecule has 32 heavy (non-hydrogen) atoms. The summed E-state index contributed by atoms with van der Waals surface area (Å²) in [4.78, 5) is 30.4. The highest BCUT2D eigenvalue weighted by molar-refractivity contribution is 5.95. The number of aliphatic hydroxyl groups excluding tert-OH is 1. The lowest BCUT2D eigenvalue weighted by atomic mass is 9.81. The number of amides is 1. The second kappa shape index (κ2) is 9.67. The molecule has 1 fully saturated rings. The minimum absolute atomic E-state index is 0.151. The fourth-order valence-corrected chi connectivity index (χ4v) is 4.18. The number of nitrogens with one attached hydrogen (secondary N) is 2. The van der Waals surface area contributed by atoms with Crippen molar-refractivity contribution < 1.29 is 19.4 Å². The molecule has 1 atom stereocenters. The Balaban J connectivity index is 1.30. The molecule has 1 aliphatic carbocycles. The molecule has 1 aromatic heterocycles. The standard InChI is InChI=1S/C24H30N4O4/c1-25-21-11-19(12-27-23(21)32-24(16-29)8-4-9-24)22(31)26-13-20(30)15-28-10-7-17-5-2-3-6-18(17)14-28/h2-3,5-6,11-12,16,20,25,30H,4,7-10,13-15H2,1H3,(H,26,31). The van der Waals surface area contributed by atoms with Crippen LogP contribution >= 0.6 is 0 Å². The van der Waals surface area contributed by atoms with Crippen molar-refractivity contribution in [3.63, 3.8) is 0 Å². The predicted molar refractivity (Wildman–Crippen MR) is 121 cm³/mol. The van der Waals surface area contributed by atoms with Crippen LogP contribution in [-0.4, -0.2) is 65.6 Å². The van der Waals surface area contributed by atoms with Crippen LogP contribution in [-0.2, 0) is 17.8 Å². The minimum Gasteiger partial charge on any atom is -0.462 e. The molecule has 0 spiro atoms. The Morgan fingerprint density at radius 3 is 2.81 bits per heavy atom. The van der Waals surface area contributed by atoms with Gasteiger partial charge >= 0.3 is 0 Å². The second-order valence-corrected chi connectivity index (χ2v) is 8.58. The molecular weight excluding hydrogens is 408 g/mol. The molecule has 0 radical (unpaired) electrons. The van der Waals surface area contributed by atoms with Crippen LogP contribution in [0, 0.1) is 0 Å². The number of hydrogen-bond donors (Lipinski definition) is 3. The monoisotopic (exact) mass is 438 g/mol. The van der Waals surface area contributed by atoms with E-state index in [4.69, 9.17) is 4.74 Å². The van der Waals surface area contributed by atoms with Crippen molar-refractivity contribution >= 4 is 17.9 Å². The third-order valence-corrected chi connectivity index (χ3v) is 6.27. The number of β-amino-alcohol motifs (C(OH)–C–C–N with tert-alkyl or cyclic N) is 1. The van der Waals surface area contributed by atoms with E-state index in [1.165, 1.54) is 17.3 Å². The van der Waals surface area contributed by atoms with Gasteiger partial charge in [0.2, 0.25) is 5.88 Å². The number of carbonyl (C=O) groups is 2. The normalized spacial score (nSPS) is 18.1. The van der Waals surface area contributed by atoms with Gasteiger partial charge in [0.15, 0.2) is 11.9 Å². The summed E-state index contributed by atoms with van der Waals surface area (Å²) in [5.74, 6) is -0.0152. The van der Waals surface area contributed by atoms with Crippen LogP contribution in [0.2, 0.25) is 0 Å². The highest BCUT2D eigenvalue weighted by Crippen LogP contribution is 2.36. The summed E-state index contributed by atoms with van der Waals surface area (Å²) in [5.41, 5.74) is 2.75. The minimum atomic E-state index is -0.804. The van der Waals surface area contributed by atoms with Crippen LogP contribution in [0.25, 0.3) is 0 Å². The summed E-state index contributed by atoms with van der Waals surface area (Å²) in [7, 11) is 1.71. The first-order valence-corrected chi connectivity index (χ1v) is 11.1. The zero-order valence-corrected chi connectivity index (χ0v) is 18.3. The number of benzene rings is 1. The van der Waals surface area contributed by atoms with Gasteiger partial charge in [-0.2, -0.15) is 0 Å². The summed E-state index contributed by atoms with van der Waals surface area (Å²) < 4.78 is 5.83. The van der Waals surface area contributed by atoms with E-state index in [9.17, 15) is 14.7 Å². The van der Waals surface area contributed by atoms with E-state index >= 15 is 0 Å². The lowest BCUT2D eigenvalue weighted by molar-refractivity contribution is -0.128. The van der Waals surface area contributed by atoms with Gasteiger partial charge in [0.1, 0.15) is 0 Å². The summed E-state index contributed by atoms with van der Waals surface area (Å²) in [6, 6.07) is 10.0. The smallest absolute Gasteiger partial charge is 0.253 e. The largest absolute Gasteiger partial charge is 0.462 e. The number of nitrogens with zero attached hydrogens (tertiary/aromatic N) is 2. The van der Waals surface area contributed by atoms with Crippen molar-refractivity contribution in [3.05, 3.63) is 53.2 Å². The van der Waals surface area contributed by atoms with Gasteiger partial charge in [-0.25, -0.2) is 4.98 Å². The highest BCUT2D eigenvalue weighted by Gasteiger charge is 2.40. The van der Waals surface area contributed by atoms with Crippen molar-refractivity contribution in [3.8, 4) is 5.88 Å². The van der Waals surface area contributed by atoms with E-state index in [1.54, 1.807) is 13.1 Å². The third-order valence-electron chi connectivity index (χ3n) is 6.27. The first-order chi connectivity index (χ1) is 15.5. The Labute approximate surface area is 188 Å². The fourth-order valence-electron chi connectivity index (χ4n) is 4.18. The van der Waals surface area contributed by atoms with Gasteiger partial charge in [0.25, 0.3) is 5.91 Å². The second-order valence-electron chi connectivity index (χ2n) is 8.58. The number of fused-ring (bicyclic) bond motifs is 1. The topological polar surface area (TPSA) is 104 Å². The molecule has 170 valence electrons. The Bertz CT molecular complexity index is 976. The molecule has 1 amide bonds. The zero-order chi connectivity index (χ0) is 22.6. The van der Waals surface area contributed by atoms with Crippen molar-refractivity contribution in [2.24, 2.45) is 0 Å². The quantitative estimate of drug-likeness (QED) is 0.513. The molecule has 8 nitrogen and oxygen atoms in total. The average Bonchev–Trinajstić information content (AvgIpc) is 2.79. The maximum atomic E-state index is 12.6. The van der Waals surface area contributed by atoms with Crippen LogP contribution in [0.4, 0.5) is 5.69 Å². The molecule has 2 aromatic rings. The molecule has 8 heteroatoms. The van der Waals surface area contributed by atoms with Gasteiger partial charge in [-0.3, -0.25) is 14.5 Å². The number of aliphatic hydroxyl groups is 1. The van der Waals surface area contributed by atoms with Crippen LogP contribution in [0.3, 0.4) is 0 Å². The van der Waals surface area contributed by atoms with Gasteiger partial charge in [-0.1, -0.05) is 24.3 Å². The van der Waals surface area contributed by atoms with Crippen LogP contribution < -0.4 is 15.4 Å². The molecule has 0 bridgehead atoms. The van der Waals surface area contributed by atoms with Crippen LogP contribution in [0.15, 0.2) is 36.5 Å². The van der Waals surface area contributed by atoms with Crippen LogP contribution in [0.5, 0.6) is 5.88 Å². The number of rotatable bonds is 9. The van der Waals surface area contributed by atoms with Crippen molar-refractivity contribution in [1.29, 1.82) is 0 Å². The van der Waals surface area contributed by atoms with E-state index < -0.39 is 11.7 Å². The molecule has 1 saturated carbocycles. The molecule has 2 aliphatic rings. The van der Waals surface area contributed by atoms with Gasteiger partial charge in [0.05, 0.1) is 17.4 Å². The zero-order valence-electron chi connectivity index (χ0n) is 18.3. The molecule has 4 rings (SSSR count). The van der Waals surface area contributed by atoms with E-state index in [1.807, 2.05) is 6.07 Å². The molecule has 1 aromatic carbocycles. The molecule has 0 saturated heterocycles. The maximum absolute atomic E-state index is 12.6. The Kier molecular flexibility index (Phi) is 6.72. The average molecular weight is 439 g/mol. The highest BCUT2D eigenvalue weighted by atomic mass is 16.5. The number of aldehydes is 1. The Hall–Kier alpha value is -2.97. The van der Waals surface area contributed by atoms with Crippen LogP contribution in [0.1, 0.15) is 40.7 Å². The Morgan fingerprint density at radius 1 is 1.34 bits per heavy atom. The number of anilines is 1. The summed E-state index contributed by atoms with van der Waals surface area (Å²) in [6.07, 6.45) is 4.84. The number of hydrogen-bond acceptors (Lipinski definition) is 7. The molecule has 1 aliphatic heterocycles. The van der Waals surface area contributed by atoms with Crippen molar-refractivity contribution in [2.45, 2.75) is 43.9 Å². The van der Waals surface area contributed by atoms with E-state index in [0.29, 0.717) is 36.5 Å². The van der Waals surface area contributed by atoms with E-state index in [0.717, 1.165) is 32.2 Å². The van der Waals surface area contributed by atoms with Crippen molar-refractivity contribution in [2.75, 3.05) is 32.0 Å². The number of aromatic nitrogens is 1. The summed E-state index contributed by atoms with van der Waals surface area (Å²) in [5, 5.41) is 16.2. The lowest BCUT2D eigenvalue weighted by Crippen LogP contribution is -2.45. The maximum Gasteiger partial charge on any atom is 0.253 e. The summed E-state index contributed by atoms with van der Waals surface area (Å²) in [6.45, 7) is 2.34. The predicted octanol–water partition coefficient (Wildman–Crippen LogP) is 1.77. The van der Waals surface area contributed by atoms with E-state index in [-0.39, 0.29) is 12.5 Å². The number of pyridine rings is 1. The first-order valence-electron chi connectivity index (χ1n) is 11.1. The van der Waals surface area contributed by atoms with Gasteiger partial charge in [0, 0.05) is 39.4 Å². The fraction of sp³-hybridized carbons (Fsp3) is 0.458.